The predicted octanol–water partition coefficient (Wildman–Crippen LogP) is 0.703. The van der Waals surface area contributed by atoms with Crippen LogP contribution in [0.1, 0.15) is 46.7 Å². The lowest BCUT2D eigenvalue weighted by Crippen LogP contribution is -2.56. The first-order chi connectivity index (χ1) is 11.8. The summed E-state index contributed by atoms with van der Waals surface area (Å²) in [5, 5.41) is 8.85. The molecule has 4 N–H and O–H groups in total. The average Bonchev–Trinajstić information content (AvgIpc) is 2.91. The summed E-state index contributed by atoms with van der Waals surface area (Å²) in [6.07, 6.45) is 0.991. The number of nitrogens with one attached hydrogen (secondary N) is 2. The van der Waals surface area contributed by atoms with E-state index in [0.29, 0.717) is 41.0 Å². The molecule has 0 unspecified atom stereocenters. The van der Waals surface area contributed by atoms with E-state index in [1.165, 1.54) is 0 Å². The second-order valence-electron chi connectivity index (χ2n) is 6.99. The first kappa shape index (κ1) is 16.8. The van der Waals surface area contributed by atoms with Gasteiger partial charge in [0.25, 0.3) is 5.91 Å². The van der Waals surface area contributed by atoms with Gasteiger partial charge in [-0.15, -0.1) is 4.68 Å². The molecule has 0 bridgehead atoms. The second kappa shape index (κ2) is 5.80. The van der Waals surface area contributed by atoms with Gasteiger partial charge in [-0.2, -0.15) is 0 Å². The van der Waals surface area contributed by atoms with E-state index in [9.17, 15) is 15.1 Å². The molecule has 3 rings (SSSR count). The first-order valence-electron chi connectivity index (χ1n) is 7.94. The Morgan fingerprint density at radius 2 is 2.12 bits per heavy atom. The van der Waals surface area contributed by atoms with E-state index in [1.54, 1.807) is 29.9 Å². The predicted molar refractivity (Wildman–Crippen MR) is 91.8 cm³/mol. The molecule has 8 nitrogen and oxygen atoms in total. The number of amides is 1. The molecule has 0 atom stereocenters. The SMILES string of the molecule is CNC(=O)c1ccc(-n2nc([NH+]=[N-])c3c2CC(C)(C)CC3=O)c(N)c1. The molecule has 25 heavy (non-hydrogen) atoms. The van der Waals surface area contributed by atoms with Crippen LogP contribution in [-0.2, 0) is 6.42 Å². The van der Waals surface area contributed by atoms with Crippen LogP contribution in [0.15, 0.2) is 18.2 Å². The highest BCUT2D eigenvalue weighted by Gasteiger charge is 2.40. The summed E-state index contributed by atoms with van der Waals surface area (Å²) in [5.74, 6) is -0.199. The molecule has 2 aromatic rings. The van der Waals surface area contributed by atoms with E-state index in [4.69, 9.17) is 5.73 Å². The Morgan fingerprint density at radius 3 is 2.72 bits per heavy atom. The van der Waals surface area contributed by atoms with Crippen molar-refractivity contribution >= 4 is 23.2 Å². The van der Waals surface area contributed by atoms with Crippen molar-refractivity contribution in [2.45, 2.75) is 26.7 Å². The van der Waals surface area contributed by atoms with E-state index in [0.717, 1.165) is 0 Å². The Hall–Kier alpha value is -3.03. The van der Waals surface area contributed by atoms with E-state index in [1.807, 2.05) is 19.0 Å². The molecule has 130 valence electrons. The minimum atomic E-state index is -0.241. The number of Topliss-reactive ketones (excluding diaryl/α,β-unsaturated/α-hetero) is 1. The fourth-order valence-corrected chi connectivity index (χ4v) is 3.26. The Labute approximate surface area is 144 Å². The number of aromatic nitrogens is 2. The first-order valence-corrected chi connectivity index (χ1v) is 7.94. The summed E-state index contributed by atoms with van der Waals surface area (Å²) in [4.78, 5) is 24.3. The van der Waals surface area contributed by atoms with Gasteiger partial charge in [-0.05, 0) is 30.0 Å². The van der Waals surface area contributed by atoms with Crippen LogP contribution in [0.25, 0.3) is 11.2 Å². The van der Waals surface area contributed by atoms with Crippen LogP contribution in [0, 0.1) is 5.41 Å². The van der Waals surface area contributed by atoms with Gasteiger partial charge in [0.2, 0.25) is 0 Å². The molecule has 1 heterocycles. The van der Waals surface area contributed by atoms with Crippen molar-refractivity contribution in [3.63, 3.8) is 0 Å². The van der Waals surface area contributed by atoms with Crippen LogP contribution < -0.4 is 16.2 Å². The summed E-state index contributed by atoms with van der Waals surface area (Å²) in [6.45, 7) is 4.02. The maximum absolute atomic E-state index is 12.5. The van der Waals surface area contributed by atoms with Crippen molar-refractivity contribution in [2.75, 3.05) is 12.8 Å². The van der Waals surface area contributed by atoms with Crippen LogP contribution in [-0.4, -0.2) is 28.5 Å². The number of hydrogen-bond acceptors (Lipinski definition) is 4. The lowest BCUT2D eigenvalue weighted by molar-refractivity contribution is -0.385. The lowest BCUT2D eigenvalue weighted by atomic mass is 9.76. The van der Waals surface area contributed by atoms with Crippen LogP contribution in [0.4, 0.5) is 11.5 Å². The van der Waals surface area contributed by atoms with Crippen LogP contribution in [0.2, 0.25) is 0 Å². The standard InChI is InChI=1S/C17H20N6O2/c1-17(2)7-12-14(13(24)8-17)15(21-19)22-23(12)11-5-4-9(6-10(11)18)16(25)20-3/h4-6,21H,7-8,18H2,1-3H3,(H,20,25). The average molecular weight is 340 g/mol. The number of nitrogens with two attached hydrogens (primary N) is 1. The number of carbonyl (C=O) groups is 2. The van der Waals surface area contributed by atoms with E-state index < -0.39 is 0 Å². The Bertz CT molecular complexity index is 897. The summed E-state index contributed by atoms with van der Waals surface area (Å²) in [7, 11) is 1.54. The summed E-state index contributed by atoms with van der Waals surface area (Å²) >= 11 is 0. The quantitative estimate of drug-likeness (QED) is 0.561. The number of hydrogen-bond donors (Lipinski definition) is 3. The van der Waals surface area contributed by atoms with E-state index >= 15 is 0 Å². The molecular weight excluding hydrogens is 320 g/mol. The number of anilines is 1. The monoisotopic (exact) mass is 340 g/mol. The third-order valence-electron chi connectivity index (χ3n) is 4.40. The number of fused-ring (bicyclic) bond motifs is 1. The third-order valence-corrected chi connectivity index (χ3v) is 4.40. The molecule has 0 spiro atoms. The van der Waals surface area contributed by atoms with Gasteiger partial charge < -0.3 is 21.7 Å². The van der Waals surface area contributed by atoms with Gasteiger partial charge in [0.05, 0.1) is 16.5 Å². The van der Waals surface area contributed by atoms with Crippen LogP contribution in [0.3, 0.4) is 0 Å². The van der Waals surface area contributed by atoms with Crippen LogP contribution >= 0.6 is 0 Å². The molecule has 1 aromatic heterocycles. The van der Waals surface area contributed by atoms with E-state index in [-0.39, 0.29) is 22.9 Å². The van der Waals surface area contributed by atoms with Gasteiger partial charge >= 0.3 is 5.82 Å². The van der Waals surface area contributed by atoms with E-state index in [2.05, 4.69) is 10.4 Å². The molecule has 0 radical (unpaired) electrons. The number of ketones is 1. The van der Waals surface area contributed by atoms with Gasteiger partial charge in [0, 0.05) is 19.0 Å². The zero-order valence-electron chi connectivity index (χ0n) is 14.4. The van der Waals surface area contributed by atoms with Gasteiger partial charge in [0.1, 0.15) is 11.3 Å². The van der Waals surface area contributed by atoms with Crippen molar-refractivity contribution in [3.05, 3.63) is 40.6 Å². The Morgan fingerprint density at radius 1 is 1.40 bits per heavy atom. The molecule has 1 aliphatic rings. The van der Waals surface area contributed by atoms with Crippen molar-refractivity contribution in [2.24, 2.45) is 5.41 Å². The molecule has 0 saturated carbocycles. The minimum Gasteiger partial charge on any atom is -0.614 e. The van der Waals surface area contributed by atoms with Crippen molar-refractivity contribution < 1.29 is 14.7 Å². The maximum atomic E-state index is 12.5. The van der Waals surface area contributed by atoms with Gasteiger partial charge in [-0.25, -0.2) is 0 Å². The molecule has 0 saturated heterocycles. The second-order valence-corrected chi connectivity index (χ2v) is 6.99. The maximum Gasteiger partial charge on any atom is 0.344 e. The lowest BCUT2D eigenvalue weighted by Gasteiger charge is -2.27. The normalized spacial score (nSPS) is 15.6. The van der Waals surface area contributed by atoms with Crippen molar-refractivity contribution in [1.82, 2.24) is 15.1 Å². The highest BCUT2D eigenvalue weighted by Crippen LogP contribution is 2.38. The fourth-order valence-electron chi connectivity index (χ4n) is 3.26. The summed E-state index contributed by atoms with van der Waals surface area (Å²) in [5.41, 5.74) is 17.7. The molecule has 1 aliphatic carbocycles. The molecule has 1 amide bonds. The number of rotatable bonds is 3. The fraction of sp³-hybridized carbons (Fsp3) is 0.353. The van der Waals surface area contributed by atoms with Crippen LogP contribution in [0.5, 0.6) is 0 Å². The van der Waals surface area contributed by atoms with Gasteiger partial charge in [-0.3, -0.25) is 9.59 Å². The zero-order chi connectivity index (χ0) is 18.4. The minimum absolute atomic E-state index is 0.0744. The number of benzene rings is 1. The largest absolute Gasteiger partial charge is 0.614 e. The smallest absolute Gasteiger partial charge is 0.344 e. The molecule has 0 aliphatic heterocycles. The van der Waals surface area contributed by atoms with Crippen molar-refractivity contribution in [3.8, 4) is 5.69 Å². The highest BCUT2D eigenvalue weighted by molar-refractivity contribution is 6.02. The molecular formula is C17H20N6O2. The molecule has 8 heteroatoms. The third kappa shape index (κ3) is 2.79. The highest BCUT2D eigenvalue weighted by atomic mass is 16.1. The summed E-state index contributed by atoms with van der Waals surface area (Å²) in [6, 6.07) is 4.88. The zero-order valence-corrected chi connectivity index (χ0v) is 14.4. The van der Waals surface area contributed by atoms with Crippen molar-refractivity contribution in [1.29, 1.82) is 0 Å². The molecule has 0 fully saturated rings. The number of nitrogens with zero attached hydrogens (tertiary/aromatic N) is 3. The number of nitrogen functional groups attached to an aromatic ring is 1. The van der Waals surface area contributed by atoms with Gasteiger partial charge in [-0.1, -0.05) is 13.8 Å². The number of carbonyl (C=O) groups excluding carboxylic acids is 2. The topological polar surface area (TPSA) is 126 Å². The van der Waals surface area contributed by atoms with Gasteiger partial charge in [0.15, 0.2) is 5.78 Å². The molecule has 1 aromatic carbocycles. The Balaban J connectivity index is 2.18. The summed E-state index contributed by atoms with van der Waals surface area (Å²) < 4.78 is 1.57. The Kier molecular flexibility index (Phi) is 3.90.